The van der Waals surface area contributed by atoms with Crippen molar-refractivity contribution in [2.24, 2.45) is 0 Å². The number of aryl methyl sites for hydroxylation is 1. The largest absolute Gasteiger partial charge is 0.453 e. The van der Waals surface area contributed by atoms with Gasteiger partial charge in [0.15, 0.2) is 11.6 Å². The lowest BCUT2D eigenvalue weighted by molar-refractivity contribution is -0.126. The third-order valence-electron chi connectivity index (χ3n) is 6.04. The molecule has 0 atom stereocenters. The Morgan fingerprint density at radius 1 is 0.974 bits per heavy atom. The van der Waals surface area contributed by atoms with Crippen LogP contribution in [-0.2, 0) is 29.0 Å². The zero-order valence-corrected chi connectivity index (χ0v) is 21.3. The third-order valence-corrected chi connectivity index (χ3v) is 7.20. The summed E-state index contributed by atoms with van der Waals surface area (Å²) in [5, 5.41) is 0. The normalized spacial score (nSPS) is 11.1. The van der Waals surface area contributed by atoms with Crippen molar-refractivity contribution < 1.29 is 23.1 Å². The number of fused-ring (bicyclic) bond motifs is 1. The molecule has 2 aromatic carbocycles. The second-order valence-electron chi connectivity index (χ2n) is 8.76. The fourth-order valence-corrected chi connectivity index (χ4v) is 5.27. The van der Waals surface area contributed by atoms with Gasteiger partial charge in [0, 0.05) is 31.6 Å². The number of carbonyl (C=O) groups is 2. The molecule has 0 aliphatic carbocycles. The van der Waals surface area contributed by atoms with Gasteiger partial charge < -0.3 is 9.30 Å². The Bertz CT molecular complexity index is 1640. The molecule has 3 aromatic heterocycles. The molecule has 0 saturated heterocycles. The number of halogens is 2. The number of hydrogen-bond acceptors (Lipinski definition) is 6. The molecule has 6 nitrogen and oxygen atoms in total. The Kier molecular flexibility index (Phi) is 7.37. The summed E-state index contributed by atoms with van der Waals surface area (Å²) in [6, 6.07) is 13.9. The smallest absolute Gasteiger partial charge is 0.166 e. The molecule has 5 rings (SSSR count). The van der Waals surface area contributed by atoms with Crippen LogP contribution in [0.25, 0.3) is 20.8 Å². The van der Waals surface area contributed by atoms with Gasteiger partial charge in [-0.15, -0.1) is 11.3 Å². The number of thiophene rings is 1. The Morgan fingerprint density at radius 2 is 1.79 bits per heavy atom. The van der Waals surface area contributed by atoms with E-state index < -0.39 is 11.6 Å². The molecule has 192 valence electrons. The van der Waals surface area contributed by atoms with Crippen LogP contribution in [0, 0.1) is 11.6 Å². The van der Waals surface area contributed by atoms with Crippen LogP contribution in [0.3, 0.4) is 0 Å². The molecule has 0 aliphatic heterocycles. The van der Waals surface area contributed by atoms with Gasteiger partial charge in [0.1, 0.15) is 23.1 Å². The second-order valence-corrected chi connectivity index (χ2v) is 9.82. The number of Topliss-reactive ketones (excluding diaryl/α,β-unsaturated/α-hetero) is 2. The fraction of sp³-hybridized carbons (Fsp3) is 0.172. The van der Waals surface area contributed by atoms with Gasteiger partial charge in [-0.2, -0.15) is 0 Å². The molecule has 0 spiro atoms. The van der Waals surface area contributed by atoms with Crippen molar-refractivity contribution >= 4 is 33.1 Å². The molecule has 9 heteroatoms. The molecule has 38 heavy (non-hydrogen) atoms. The summed E-state index contributed by atoms with van der Waals surface area (Å²) in [7, 11) is 0. The number of aromatic nitrogens is 3. The number of benzene rings is 2. The van der Waals surface area contributed by atoms with Crippen LogP contribution >= 0.6 is 11.3 Å². The summed E-state index contributed by atoms with van der Waals surface area (Å²) in [5.41, 5.74) is 2.37. The number of ketones is 2. The molecule has 3 heterocycles. The molecule has 0 saturated carbocycles. The maximum absolute atomic E-state index is 14.9. The summed E-state index contributed by atoms with van der Waals surface area (Å²) in [6.07, 6.45) is 4.55. The summed E-state index contributed by atoms with van der Waals surface area (Å²) in [5.74, 6) is -1.39. The van der Waals surface area contributed by atoms with E-state index in [1.807, 2.05) is 17.6 Å². The van der Waals surface area contributed by atoms with Gasteiger partial charge in [0.05, 0.1) is 39.7 Å². The first-order valence-electron chi connectivity index (χ1n) is 12.0. The third kappa shape index (κ3) is 5.52. The lowest BCUT2D eigenvalue weighted by Gasteiger charge is -2.09. The summed E-state index contributed by atoms with van der Waals surface area (Å²) in [6.45, 7) is 2.81. The van der Waals surface area contributed by atoms with Gasteiger partial charge in [0.25, 0.3) is 0 Å². The van der Waals surface area contributed by atoms with Gasteiger partial charge in [0.2, 0.25) is 0 Å². The number of nitrogens with zero attached hydrogens (tertiary/aromatic N) is 3. The molecule has 0 N–H and O–H groups in total. The number of pyridine rings is 1. The zero-order chi connectivity index (χ0) is 26.6. The predicted molar refractivity (Wildman–Crippen MR) is 141 cm³/mol. The van der Waals surface area contributed by atoms with E-state index in [9.17, 15) is 18.4 Å². The van der Waals surface area contributed by atoms with Crippen molar-refractivity contribution in [1.82, 2.24) is 14.5 Å². The molecule has 0 radical (unpaired) electrons. The molecule has 0 amide bonds. The summed E-state index contributed by atoms with van der Waals surface area (Å²) < 4.78 is 37.4. The lowest BCUT2D eigenvalue weighted by Crippen LogP contribution is -2.13. The molecule has 0 aliphatic rings. The second kappa shape index (κ2) is 11.0. The van der Waals surface area contributed by atoms with E-state index in [0.717, 1.165) is 27.3 Å². The average molecular weight is 532 g/mol. The van der Waals surface area contributed by atoms with E-state index in [1.165, 1.54) is 41.7 Å². The quantitative estimate of drug-likeness (QED) is 0.191. The molecule has 0 fully saturated rings. The van der Waals surface area contributed by atoms with E-state index in [1.54, 1.807) is 36.9 Å². The van der Waals surface area contributed by atoms with E-state index in [0.29, 0.717) is 11.3 Å². The van der Waals surface area contributed by atoms with Crippen LogP contribution < -0.4 is 4.74 Å². The fourth-order valence-electron chi connectivity index (χ4n) is 4.18. The van der Waals surface area contributed by atoms with Gasteiger partial charge in [-0.1, -0.05) is 24.3 Å². The number of rotatable bonds is 10. The van der Waals surface area contributed by atoms with Gasteiger partial charge in [-0.05, 0) is 42.3 Å². The van der Waals surface area contributed by atoms with Crippen LogP contribution in [0.2, 0.25) is 0 Å². The minimum atomic E-state index is -0.626. The SMILES string of the molecule is CCn1cncc1-c1cc2nccc(Oc3ccc(CC(=O)CC(=O)Cc4ccccc4F)cc3F)c2s1. The number of hydrogen-bond donors (Lipinski definition) is 0. The van der Waals surface area contributed by atoms with Crippen LogP contribution in [0.1, 0.15) is 24.5 Å². The van der Waals surface area contributed by atoms with Crippen molar-refractivity contribution in [2.75, 3.05) is 0 Å². The molecular formula is C29H23F2N3O3S. The van der Waals surface area contributed by atoms with Gasteiger partial charge >= 0.3 is 0 Å². The Morgan fingerprint density at radius 3 is 2.58 bits per heavy atom. The van der Waals surface area contributed by atoms with Crippen molar-refractivity contribution in [1.29, 1.82) is 0 Å². The van der Waals surface area contributed by atoms with E-state index >= 15 is 0 Å². The molecular weight excluding hydrogens is 508 g/mol. The Labute approximate surface area is 221 Å². The highest BCUT2D eigenvalue weighted by Crippen LogP contribution is 2.39. The zero-order valence-electron chi connectivity index (χ0n) is 20.5. The highest BCUT2D eigenvalue weighted by molar-refractivity contribution is 7.22. The molecule has 5 aromatic rings. The van der Waals surface area contributed by atoms with Crippen molar-refractivity contribution in [2.45, 2.75) is 32.7 Å². The van der Waals surface area contributed by atoms with Crippen molar-refractivity contribution in [3.8, 4) is 22.1 Å². The topological polar surface area (TPSA) is 74.1 Å². The minimum Gasteiger partial charge on any atom is -0.453 e. The number of ether oxygens (including phenoxy) is 1. The van der Waals surface area contributed by atoms with Gasteiger partial charge in [-0.25, -0.2) is 13.8 Å². The first-order chi connectivity index (χ1) is 18.4. The van der Waals surface area contributed by atoms with E-state index in [2.05, 4.69) is 9.97 Å². The monoisotopic (exact) mass is 531 g/mol. The van der Waals surface area contributed by atoms with Crippen LogP contribution in [-0.4, -0.2) is 26.1 Å². The highest BCUT2D eigenvalue weighted by Gasteiger charge is 2.17. The number of imidazole rings is 1. The minimum absolute atomic E-state index is 0.0119. The first kappa shape index (κ1) is 25.4. The van der Waals surface area contributed by atoms with Crippen LogP contribution in [0.15, 0.2) is 73.3 Å². The predicted octanol–water partition coefficient (Wildman–Crippen LogP) is 6.56. The standard InChI is InChI=1S/C29H23F2N3O3S/c1-2-34-17-32-16-25(34)28-15-24-29(38-28)27(9-10-33-24)37-26-8-7-18(12-23(26)31)11-20(35)14-21(36)13-19-5-3-4-6-22(19)30/h3-10,12,15-17H,2,11,13-14H2,1H3. The Hall–Kier alpha value is -4.24. The first-order valence-corrected chi connectivity index (χ1v) is 12.8. The van der Waals surface area contributed by atoms with Crippen molar-refractivity contribution in [3.05, 3.63) is 96.1 Å². The number of carbonyl (C=O) groups excluding carboxylic acids is 2. The van der Waals surface area contributed by atoms with Crippen LogP contribution in [0.4, 0.5) is 8.78 Å². The maximum atomic E-state index is 14.9. The van der Waals surface area contributed by atoms with Crippen LogP contribution in [0.5, 0.6) is 11.5 Å². The van der Waals surface area contributed by atoms with Crippen molar-refractivity contribution in [3.63, 3.8) is 0 Å². The lowest BCUT2D eigenvalue weighted by atomic mass is 10.0. The Balaban J connectivity index is 1.27. The van der Waals surface area contributed by atoms with E-state index in [4.69, 9.17) is 4.74 Å². The van der Waals surface area contributed by atoms with Gasteiger partial charge in [-0.3, -0.25) is 14.6 Å². The van der Waals surface area contributed by atoms with E-state index in [-0.39, 0.29) is 42.1 Å². The average Bonchev–Trinajstić information content (AvgIpc) is 3.54. The summed E-state index contributed by atoms with van der Waals surface area (Å²) in [4.78, 5) is 34.2. The molecule has 0 unspecified atom stereocenters. The maximum Gasteiger partial charge on any atom is 0.166 e. The molecule has 0 bridgehead atoms. The summed E-state index contributed by atoms with van der Waals surface area (Å²) >= 11 is 1.48. The highest BCUT2D eigenvalue weighted by atomic mass is 32.1.